The highest BCUT2D eigenvalue weighted by atomic mass is 15.3. The van der Waals surface area contributed by atoms with E-state index in [1.165, 1.54) is 11.3 Å². The zero-order valence-electron chi connectivity index (χ0n) is 9.69. The molecule has 17 heavy (non-hydrogen) atoms. The molecule has 1 aromatic heterocycles. The van der Waals surface area contributed by atoms with Crippen LogP contribution in [0.1, 0.15) is 11.3 Å². The summed E-state index contributed by atoms with van der Waals surface area (Å²) >= 11 is 0. The first-order valence-electron chi connectivity index (χ1n) is 5.98. The molecule has 0 fully saturated rings. The number of hydrogen-bond acceptors (Lipinski definition) is 3. The van der Waals surface area contributed by atoms with Gasteiger partial charge in [-0.1, -0.05) is 18.2 Å². The van der Waals surface area contributed by atoms with Gasteiger partial charge in [0.1, 0.15) is 5.82 Å². The van der Waals surface area contributed by atoms with Gasteiger partial charge < -0.3 is 11.1 Å². The average Bonchev–Trinajstić information content (AvgIpc) is 2.57. The molecule has 0 bridgehead atoms. The van der Waals surface area contributed by atoms with E-state index < -0.39 is 0 Å². The average molecular weight is 228 g/mol. The Morgan fingerprint density at radius 2 is 1.88 bits per heavy atom. The van der Waals surface area contributed by atoms with Crippen LogP contribution in [0.5, 0.6) is 0 Å². The van der Waals surface area contributed by atoms with Crippen molar-refractivity contribution in [3.8, 4) is 5.69 Å². The smallest absolute Gasteiger partial charge is 0.149 e. The molecule has 2 aromatic rings. The van der Waals surface area contributed by atoms with Crippen molar-refractivity contribution in [2.45, 2.75) is 12.8 Å². The Balaban J connectivity index is 2.12. The second-order valence-corrected chi connectivity index (χ2v) is 4.31. The second-order valence-electron chi connectivity index (χ2n) is 4.31. The van der Waals surface area contributed by atoms with E-state index in [4.69, 9.17) is 5.73 Å². The zero-order valence-corrected chi connectivity index (χ0v) is 9.69. The fraction of sp³-hybridized carbons (Fsp3) is 0.308. The number of anilines is 1. The minimum absolute atomic E-state index is 0.674. The molecule has 2 heterocycles. The van der Waals surface area contributed by atoms with Crippen LogP contribution in [0, 0.1) is 0 Å². The van der Waals surface area contributed by atoms with Crippen LogP contribution in [0.4, 0.5) is 5.82 Å². The summed E-state index contributed by atoms with van der Waals surface area (Å²) in [5.74, 6) is 0.674. The van der Waals surface area contributed by atoms with Gasteiger partial charge in [0.25, 0.3) is 0 Å². The Labute approximate surface area is 100 Å². The first-order valence-corrected chi connectivity index (χ1v) is 5.98. The first-order chi connectivity index (χ1) is 8.36. The lowest BCUT2D eigenvalue weighted by Gasteiger charge is -2.06. The number of nitrogens with one attached hydrogen (secondary N) is 1. The lowest BCUT2D eigenvalue weighted by molar-refractivity contribution is 0.692. The lowest BCUT2D eigenvalue weighted by Crippen LogP contribution is -2.17. The normalized spacial score (nSPS) is 15.3. The minimum atomic E-state index is 0.674. The molecule has 1 aromatic carbocycles. The number of nitrogen functional groups attached to an aromatic ring is 1. The van der Waals surface area contributed by atoms with E-state index in [9.17, 15) is 0 Å². The third-order valence-electron chi connectivity index (χ3n) is 3.21. The molecule has 0 saturated carbocycles. The van der Waals surface area contributed by atoms with Gasteiger partial charge in [0.05, 0.1) is 11.4 Å². The number of nitrogens with two attached hydrogens (primary N) is 1. The number of hydrogen-bond donors (Lipinski definition) is 2. The van der Waals surface area contributed by atoms with Crippen LogP contribution in [0.2, 0.25) is 0 Å². The molecule has 0 aliphatic carbocycles. The summed E-state index contributed by atoms with van der Waals surface area (Å²) in [6.45, 7) is 1.97. The van der Waals surface area contributed by atoms with E-state index in [1.54, 1.807) is 0 Å². The van der Waals surface area contributed by atoms with Crippen molar-refractivity contribution in [3.05, 3.63) is 41.6 Å². The van der Waals surface area contributed by atoms with Crippen molar-refractivity contribution in [1.82, 2.24) is 15.1 Å². The third kappa shape index (κ3) is 1.80. The topological polar surface area (TPSA) is 55.9 Å². The largest absolute Gasteiger partial charge is 0.382 e. The molecular formula is C13H16N4. The Morgan fingerprint density at radius 3 is 2.71 bits per heavy atom. The van der Waals surface area contributed by atoms with Crippen molar-refractivity contribution >= 4 is 5.82 Å². The maximum absolute atomic E-state index is 6.01. The van der Waals surface area contributed by atoms with Crippen molar-refractivity contribution in [1.29, 1.82) is 0 Å². The molecule has 0 saturated heterocycles. The number of aromatic nitrogens is 2. The molecule has 0 amide bonds. The molecule has 0 spiro atoms. The van der Waals surface area contributed by atoms with Gasteiger partial charge in [-0.2, -0.15) is 5.10 Å². The maximum atomic E-state index is 6.01. The molecular weight excluding hydrogens is 212 g/mol. The van der Waals surface area contributed by atoms with Crippen LogP contribution in [-0.4, -0.2) is 22.9 Å². The van der Waals surface area contributed by atoms with Gasteiger partial charge in [0.15, 0.2) is 0 Å². The number of para-hydroxylation sites is 1. The number of fused-ring (bicyclic) bond motifs is 1. The van der Waals surface area contributed by atoms with Gasteiger partial charge in [-0.25, -0.2) is 4.68 Å². The Kier molecular flexibility index (Phi) is 2.57. The number of benzene rings is 1. The predicted molar refractivity (Wildman–Crippen MR) is 68.3 cm³/mol. The van der Waals surface area contributed by atoms with E-state index >= 15 is 0 Å². The third-order valence-corrected chi connectivity index (χ3v) is 3.21. The molecule has 3 rings (SSSR count). The van der Waals surface area contributed by atoms with E-state index in [0.717, 1.165) is 31.6 Å². The van der Waals surface area contributed by atoms with E-state index in [0.29, 0.717) is 5.82 Å². The fourth-order valence-corrected chi connectivity index (χ4v) is 2.36. The van der Waals surface area contributed by atoms with E-state index in [2.05, 4.69) is 22.5 Å². The standard InChI is InChI=1S/C13H16N4/c14-13-11-6-8-15-9-7-12(11)17(16-13)10-4-2-1-3-5-10/h1-5,15H,6-9H2,(H2,14,16). The summed E-state index contributed by atoms with van der Waals surface area (Å²) in [5.41, 5.74) is 9.55. The zero-order chi connectivity index (χ0) is 11.7. The van der Waals surface area contributed by atoms with Crippen molar-refractivity contribution in [2.24, 2.45) is 0 Å². The molecule has 4 nitrogen and oxygen atoms in total. The SMILES string of the molecule is Nc1nn(-c2ccccc2)c2c1CCNCC2. The lowest BCUT2D eigenvalue weighted by atomic mass is 10.1. The quantitative estimate of drug-likeness (QED) is 0.769. The van der Waals surface area contributed by atoms with Gasteiger partial charge in [-0.05, 0) is 25.1 Å². The highest BCUT2D eigenvalue weighted by molar-refractivity contribution is 5.47. The van der Waals surface area contributed by atoms with Crippen LogP contribution >= 0.6 is 0 Å². The Hall–Kier alpha value is -1.81. The molecule has 4 heteroatoms. The fourth-order valence-electron chi connectivity index (χ4n) is 2.36. The van der Waals surface area contributed by atoms with Crippen LogP contribution in [0.3, 0.4) is 0 Å². The summed E-state index contributed by atoms with van der Waals surface area (Å²) in [6, 6.07) is 10.2. The monoisotopic (exact) mass is 228 g/mol. The molecule has 88 valence electrons. The van der Waals surface area contributed by atoms with E-state index in [-0.39, 0.29) is 0 Å². The van der Waals surface area contributed by atoms with Gasteiger partial charge in [0, 0.05) is 18.5 Å². The summed E-state index contributed by atoms with van der Waals surface area (Å²) in [4.78, 5) is 0. The van der Waals surface area contributed by atoms with E-state index in [1.807, 2.05) is 22.9 Å². The van der Waals surface area contributed by atoms with Crippen molar-refractivity contribution in [3.63, 3.8) is 0 Å². The van der Waals surface area contributed by atoms with Crippen molar-refractivity contribution < 1.29 is 0 Å². The first kappa shape index (κ1) is 10.4. The predicted octanol–water partition coefficient (Wildman–Crippen LogP) is 1.14. The number of nitrogens with zero attached hydrogens (tertiary/aromatic N) is 2. The summed E-state index contributed by atoms with van der Waals surface area (Å²) in [7, 11) is 0. The molecule has 1 aliphatic heterocycles. The van der Waals surface area contributed by atoms with Gasteiger partial charge in [-0.15, -0.1) is 0 Å². The Bertz CT molecular complexity index is 516. The minimum Gasteiger partial charge on any atom is -0.382 e. The van der Waals surface area contributed by atoms with Crippen LogP contribution < -0.4 is 11.1 Å². The molecule has 0 atom stereocenters. The number of rotatable bonds is 1. The van der Waals surface area contributed by atoms with Crippen LogP contribution in [0.25, 0.3) is 5.69 Å². The maximum Gasteiger partial charge on any atom is 0.149 e. The van der Waals surface area contributed by atoms with Crippen LogP contribution in [0.15, 0.2) is 30.3 Å². The molecule has 1 aliphatic rings. The molecule has 3 N–H and O–H groups in total. The second kappa shape index (κ2) is 4.22. The van der Waals surface area contributed by atoms with Gasteiger partial charge >= 0.3 is 0 Å². The molecule has 0 radical (unpaired) electrons. The Morgan fingerprint density at radius 1 is 1.12 bits per heavy atom. The summed E-state index contributed by atoms with van der Waals surface area (Å²) < 4.78 is 1.98. The highest BCUT2D eigenvalue weighted by Gasteiger charge is 2.18. The van der Waals surface area contributed by atoms with Crippen LogP contribution in [-0.2, 0) is 12.8 Å². The van der Waals surface area contributed by atoms with Gasteiger partial charge in [-0.3, -0.25) is 0 Å². The summed E-state index contributed by atoms with van der Waals surface area (Å²) in [5, 5.41) is 7.86. The van der Waals surface area contributed by atoms with Crippen molar-refractivity contribution in [2.75, 3.05) is 18.8 Å². The molecule has 0 unspecified atom stereocenters. The highest BCUT2D eigenvalue weighted by Crippen LogP contribution is 2.22. The van der Waals surface area contributed by atoms with Gasteiger partial charge in [0.2, 0.25) is 0 Å². The summed E-state index contributed by atoms with van der Waals surface area (Å²) in [6.07, 6.45) is 1.95.